The fraction of sp³-hybridized carbons (Fsp3) is 0.533. The summed E-state index contributed by atoms with van der Waals surface area (Å²) in [7, 11) is 1.64. The maximum atomic E-state index is 11.0. The first-order valence-corrected chi connectivity index (χ1v) is 7.83. The lowest BCUT2D eigenvalue weighted by molar-refractivity contribution is -0.385. The van der Waals surface area contributed by atoms with Crippen LogP contribution in [0.25, 0.3) is 0 Å². The molecule has 0 amide bonds. The van der Waals surface area contributed by atoms with E-state index in [1.807, 2.05) is 11.8 Å². The third-order valence-corrected chi connectivity index (χ3v) is 5.12. The third-order valence-electron chi connectivity index (χ3n) is 4.78. The molecule has 8 heteroatoms. The zero-order chi connectivity index (χ0) is 16.8. The minimum atomic E-state index is -0.616. The maximum Gasteiger partial charge on any atom is 0.270 e. The van der Waals surface area contributed by atoms with Crippen molar-refractivity contribution in [1.82, 2.24) is 10.2 Å². The van der Waals surface area contributed by atoms with Gasteiger partial charge in [0.25, 0.3) is 5.69 Å². The molecule has 1 saturated heterocycles. The van der Waals surface area contributed by atoms with Gasteiger partial charge in [0.1, 0.15) is 5.75 Å². The number of rotatable bonds is 4. The van der Waals surface area contributed by atoms with Gasteiger partial charge in [-0.05, 0) is 25.2 Å². The van der Waals surface area contributed by atoms with Crippen LogP contribution in [0.2, 0.25) is 0 Å². The summed E-state index contributed by atoms with van der Waals surface area (Å²) in [5.74, 6) is 0.708. The van der Waals surface area contributed by atoms with E-state index in [1.165, 1.54) is 6.07 Å². The summed E-state index contributed by atoms with van der Waals surface area (Å²) in [5, 5.41) is 14.9. The Balaban J connectivity index is 2.03. The first kappa shape index (κ1) is 15.9. The topological polar surface area (TPSA) is 76.9 Å². The van der Waals surface area contributed by atoms with Crippen LogP contribution in [0, 0.1) is 16.0 Å². The van der Waals surface area contributed by atoms with Gasteiger partial charge in [-0.3, -0.25) is 10.1 Å². The molecular formula is C15H19N3O4S. The van der Waals surface area contributed by atoms with Crippen molar-refractivity contribution in [3.8, 4) is 5.75 Å². The van der Waals surface area contributed by atoms with E-state index >= 15 is 0 Å². The van der Waals surface area contributed by atoms with Gasteiger partial charge in [-0.15, -0.1) is 0 Å². The average Bonchev–Trinajstić information content (AvgIpc) is 2.50. The van der Waals surface area contributed by atoms with Crippen LogP contribution in [-0.2, 0) is 4.74 Å². The lowest BCUT2D eigenvalue weighted by Gasteiger charge is -2.56. The van der Waals surface area contributed by atoms with Crippen LogP contribution in [-0.4, -0.2) is 40.9 Å². The fourth-order valence-corrected chi connectivity index (χ4v) is 3.70. The summed E-state index contributed by atoms with van der Waals surface area (Å²) in [4.78, 5) is 12.6. The van der Waals surface area contributed by atoms with Gasteiger partial charge in [0.2, 0.25) is 0 Å². The van der Waals surface area contributed by atoms with Crippen molar-refractivity contribution >= 4 is 23.0 Å². The summed E-state index contributed by atoms with van der Waals surface area (Å²) in [6.45, 7) is 5.20. The van der Waals surface area contributed by atoms with Crippen LogP contribution in [0.4, 0.5) is 5.69 Å². The SMILES string of the molecule is COCCN1C(=S)N[C@@H]2c3cc([N+](=O)[O-])ccc3O[C@@]1(C)[C@H]2C. The molecule has 23 heavy (non-hydrogen) atoms. The molecule has 2 bridgehead atoms. The highest BCUT2D eigenvalue weighted by Crippen LogP contribution is 2.48. The van der Waals surface area contributed by atoms with E-state index in [2.05, 4.69) is 12.2 Å². The van der Waals surface area contributed by atoms with Gasteiger partial charge in [0.15, 0.2) is 10.8 Å². The van der Waals surface area contributed by atoms with Crippen molar-refractivity contribution < 1.29 is 14.4 Å². The molecule has 2 aliphatic heterocycles. The van der Waals surface area contributed by atoms with Crippen molar-refractivity contribution in [1.29, 1.82) is 0 Å². The molecule has 3 atom stereocenters. The molecule has 0 saturated carbocycles. The molecule has 1 aromatic carbocycles. The molecule has 2 heterocycles. The number of non-ortho nitro benzene ring substituents is 1. The Morgan fingerprint density at radius 1 is 1.57 bits per heavy atom. The number of nitrogens with one attached hydrogen (secondary N) is 1. The second kappa shape index (κ2) is 5.61. The van der Waals surface area contributed by atoms with E-state index in [0.29, 0.717) is 24.0 Å². The van der Waals surface area contributed by atoms with Gasteiger partial charge in [-0.25, -0.2) is 0 Å². The molecule has 0 aliphatic carbocycles. The van der Waals surface area contributed by atoms with Crippen LogP contribution >= 0.6 is 12.2 Å². The number of fused-ring (bicyclic) bond motifs is 4. The monoisotopic (exact) mass is 337 g/mol. The van der Waals surface area contributed by atoms with Crippen molar-refractivity contribution in [3.05, 3.63) is 33.9 Å². The number of nitro benzene ring substituents is 1. The van der Waals surface area contributed by atoms with Crippen LogP contribution < -0.4 is 10.1 Å². The zero-order valence-corrected chi connectivity index (χ0v) is 14.1. The third kappa shape index (κ3) is 2.42. The van der Waals surface area contributed by atoms with Gasteiger partial charge in [-0.1, -0.05) is 6.92 Å². The summed E-state index contributed by atoms with van der Waals surface area (Å²) in [6.07, 6.45) is 0. The van der Waals surface area contributed by atoms with Crippen LogP contribution in [0.15, 0.2) is 18.2 Å². The number of benzene rings is 1. The Kier molecular flexibility index (Phi) is 3.89. The summed E-state index contributed by atoms with van der Waals surface area (Å²) in [6, 6.07) is 4.58. The number of methoxy groups -OCH3 is 1. The van der Waals surface area contributed by atoms with E-state index < -0.39 is 10.6 Å². The zero-order valence-electron chi connectivity index (χ0n) is 13.2. The number of nitro groups is 1. The first-order chi connectivity index (χ1) is 10.9. The largest absolute Gasteiger partial charge is 0.467 e. The van der Waals surface area contributed by atoms with E-state index in [0.717, 1.165) is 5.56 Å². The smallest absolute Gasteiger partial charge is 0.270 e. The second-order valence-electron chi connectivity index (χ2n) is 6.00. The highest BCUT2D eigenvalue weighted by Gasteiger charge is 2.53. The highest BCUT2D eigenvalue weighted by atomic mass is 32.1. The number of hydrogen-bond acceptors (Lipinski definition) is 5. The van der Waals surface area contributed by atoms with Crippen LogP contribution in [0.3, 0.4) is 0 Å². The number of ether oxygens (including phenoxy) is 2. The lowest BCUT2D eigenvalue weighted by Crippen LogP contribution is -2.69. The highest BCUT2D eigenvalue weighted by molar-refractivity contribution is 7.80. The molecule has 1 aromatic rings. The van der Waals surface area contributed by atoms with E-state index in [-0.39, 0.29) is 17.6 Å². The van der Waals surface area contributed by atoms with E-state index in [9.17, 15) is 10.1 Å². The molecule has 1 fully saturated rings. The fourth-order valence-electron chi connectivity index (χ4n) is 3.30. The standard InChI is InChI=1S/C15H19N3O4S/c1-9-13-11-8-10(18(19)20)4-5-12(11)22-15(9,2)17(6-7-21-3)14(23)16-13/h4-5,8-9,13H,6-7H2,1-3H3,(H,16,23)/t9-,13-,15-/m0/s1. The average molecular weight is 337 g/mol. The van der Waals surface area contributed by atoms with Gasteiger partial charge in [-0.2, -0.15) is 0 Å². The van der Waals surface area contributed by atoms with Crippen molar-refractivity contribution in [2.75, 3.05) is 20.3 Å². The quantitative estimate of drug-likeness (QED) is 0.513. The normalized spacial score (nSPS) is 28.7. The van der Waals surface area contributed by atoms with Crippen LogP contribution in [0.5, 0.6) is 5.75 Å². The summed E-state index contributed by atoms with van der Waals surface area (Å²) < 4.78 is 11.4. The predicted molar refractivity (Wildman–Crippen MR) is 88.4 cm³/mol. The minimum absolute atomic E-state index is 0.0534. The van der Waals surface area contributed by atoms with Crippen molar-refractivity contribution in [3.63, 3.8) is 0 Å². The summed E-state index contributed by atoms with van der Waals surface area (Å²) >= 11 is 5.48. The maximum absolute atomic E-state index is 11.0. The van der Waals surface area contributed by atoms with Crippen LogP contribution in [0.1, 0.15) is 25.5 Å². The van der Waals surface area contributed by atoms with E-state index in [1.54, 1.807) is 19.2 Å². The Labute approximate surface area is 139 Å². The van der Waals surface area contributed by atoms with Gasteiger partial charge in [0.05, 0.1) is 17.6 Å². The van der Waals surface area contributed by atoms with Gasteiger partial charge >= 0.3 is 0 Å². The molecule has 124 valence electrons. The minimum Gasteiger partial charge on any atom is -0.467 e. The Morgan fingerprint density at radius 2 is 2.30 bits per heavy atom. The number of nitrogens with zero attached hydrogens (tertiary/aromatic N) is 2. The molecule has 7 nitrogen and oxygen atoms in total. The van der Waals surface area contributed by atoms with Crippen molar-refractivity contribution in [2.24, 2.45) is 5.92 Å². The van der Waals surface area contributed by atoms with Gasteiger partial charge < -0.3 is 19.7 Å². The second-order valence-corrected chi connectivity index (χ2v) is 6.38. The predicted octanol–water partition coefficient (Wildman–Crippen LogP) is 2.22. The molecule has 3 rings (SSSR count). The molecular weight excluding hydrogens is 318 g/mol. The van der Waals surface area contributed by atoms with Crippen molar-refractivity contribution in [2.45, 2.75) is 25.6 Å². The molecule has 0 radical (unpaired) electrons. The Hall–Kier alpha value is -1.93. The molecule has 1 N–H and O–H groups in total. The number of thiocarbonyl (C=S) groups is 1. The molecule has 2 aliphatic rings. The molecule has 0 unspecified atom stereocenters. The molecule has 0 aromatic heterocycles. The Bertz CT molecular complexity index is 668. The summed E-state index contributed by atoms with van der Waals surface area (Å²) in [5.41, 5.74) is 0.213. The Morgan fingerprint density at radius 3 is 2.96 bits per heavy atom. The van der Waals surface area contributed by atoms with E-state index in [4.69, 9.17) is 21.7 Å². The molecule has 0 spiro atoms. The number of hydrogen-bond donors (Lipinski definition) is 1. The lowest BCUT2D eigenvalue weighted by atomic mass is 9.81. The first-order valence-electron chi connectivity index (χ1n) is 7.43. The van der Waals surface area contributed by atoms with Gasteiger partial charge in [0, 0.05) is 37.3 Å².